The molecule has 0 rings (SSSR count). The summed E-state index contributed by atoms with van der Waals surface area (Å²) < 4.78 is 0. The average Bonchev–Trinajstić information content (AvgIpc) is 2.62. The van der Waals surface area contributed by atoms with E-state index in [0.717, 1.165) is 75.4 Å². The van der Waals surface area contributed by atoms with Gasteiger partial charge in [0.1, 0.15) is 11.6 Å². The standard InChI is InChI=1S/2C9H20N2OS2/c2*1-9(12)8-11(5-7-14)4-2-10-3-6-13/h2*10,13-14H,2-8H2,1H3. The van der Waals surface area contributed by atoms with E-state index in [2.05, 4.69) is 70.9 Å². The zero-order valence-corrected chi connectivity index (χ0v) is 21.0. The quantitative estimate of drug-likeness (QED) is 0.130. The molecule has 0 bridgehead atoms. The van der Waals surface area contributed by atoms with Gasteiger partial charge in [0.05, 0.1) is 13.1 Å². The first-order valence-electron chi connectivity index (χ1n) is 9.69. The largest absolute Gasteiger partial charge is 0.315 e. The maximum Gasteiger partial charge on any atom is 0.143 e. The van der Waals surface area contributed by atoms with Crippen LogP contribution in [0, 0.1) is 0 Å². The number of nitrogens with zero attached hydrogens (tertiary/aromatic N) is 2. The minimum absolute atomic E-state index is 0.209. The van der Waals surface area contributed by atoms with Gasteiger partial charge < -0.3 is 10.6 Å². The lowest BCUT2D eigenvalue weighted by atomic mass is 10.3. The van der Waals surface area contributed by atoms with Crippen molar-refractivity contribution in [3.63, 3.8) is 0 Å². The molecule has 0 radical (unpaired) electrons. The second-order valence-corrected chi connectivity index (χ2v) is 8.14. The lowest BCUT2D eigenvalue weighted by Gasteiger charge is -2.19. The Morgan fingerprint density at radius 1 is 0.607 bits per heavy atom. The van der Waals surface area contributed by atoms with Gasteiger partial charge in [-0.25, -0.2) is 0 Å². The molecule has 0 aromatic rings. The molecule has 6 nitrogen and oxygen atoms in total. The topological polar surface area (TPSA) is 64.7 Å². The highest BCUT2D eigenvalue weighted by atomic mass is 32.1. The summed E-state index contributed by atoms with van der Waals surface area (Å²) in [5, 5.41) is 6.49. The van der Waals surface area contributed by atoms with Crippen molar-refractivity contribution in [1.82, 2.24) is 20.4 Å². The van der Waals surface area contributed by atoms with Gasteiger partial charge in [0.2, 0.25) is 0 Å². The predicted octanol–water partition coefficient (Wildman–Crippen LogP) is 0.653. The zero-order chi connectivity index (χ0) is 21.6. The number of thiol groups is 4. The van der Waals surface area contributed by atoms with Gasteiger partial charge >= 0.3 is 0 Å². The molecule has 0 aliphatic carbocycles. The fourth-order valence-corrected chi connectivity index (χ4v) is 3.22. The third-order valence-electron chi connectivity index (χ3n) is 3.51. The first-order valence-corrected chi connectivity index (χ1v) is 12.2. The van der Waals surface area contributed by atoms with Crippen LogP contribution in [-0.2, 0) is 9.59 Å². The van der Waals surface area contributed by atoms with Crippen molar-refractivity contribution in [2.75, 3.05) is 88.5 Å². The second kappa shape index (κ2) is 23.9. The summed E-state index contributed by atoms with van der Waals surface area (Å²) in [5.41, 5.74) is 0. The zero-order valence-electron chi connectivity index (χ0n) is 17.4. The molecule has 0 unspecified atom stereocenters. The molecule has 28 heavy (non-hydrogen) atoms. The molecule has 0 aromatic heterocycles. The SMILES string of the molecule is CC(=O)CN(CCS)CCNCCS.CC(=O)CN(CCS)CCNCCS. The van der Waals surface area contributed by atoms with E-state index < -0.39 is 0 Å². The van der Waals surface area contributed by atoms with Crippen molar-refractivity contribution in [3.05, 3.63) is 0 Å². The Morgan fingerprint density at radius 3 is 1.21 bits per heavy atom. The Kier molecular flexibility index (Phi) is 26.2. The number of nitrogens with one attached hydrogen (secondary N) is 2. The Hall–Kier alpha value is 0.580. The highest BCUT2D eigenvalue weighted by Gasteiger charge is 2.06. The number of hydrogen-bond acceptors (Lipinski definition) is 10. The molecule has 0 amide bonds. The third-order valence-corrected chi connectivity index (χ3v) is 4.36. The van der Waals surface area contributed by atoms with E-state index in [4.69, 9.17) is 0 Å². The summed E-state index contributed by atoms with van der Waals surface area (Å²) in [4.78, 5) is 26.1. The molecule has 0 fully saturated rings. The molecule has 0 heterocycles. The third kappa shape index (κ3) is 24.6. The minimum atomic E-state index is 0.209. The Bertz CT molecular complexity index is 345. The summed E-state index contributed by atoms with van der Waals surface area (Å²) >= 11 is 16.5. The van der Waals surface area contributed by atoms with Crippen LogP contribution in [-0.4, -0.2) is 110 Å². The van der Waals surface area contributed by atoms with Gasteiger partial charge in [-0.3, -0.25) is 19.4 Å². The van der Waals surface area contributed by atoms with Crippen LogP contribution in [0.5, 0.6) is 0 Å². The molecule has 0 aromatic carbocycles. The van der Waals surface area contributed by atoms with Crippen molar-refractivity contribution in [3.8, 4) is 0 Å². The van der Waals surface area contributed by atoms with E-state index >= 15 is 0 Å². The van der Waals surface area contributed by atoms with Crippen LogP contribution >= 0.6 is 50.5 Å². The van der Waals surface area contributed by atoms with E-state index in [1.165, 1.54) is 0 Å². The lowest BCUT2D eigenvalue weighted by Crippen LogP contribution is -2.36. The first-order chi connectivity index (χ1) is 13.4. The van der Waals surface area contributed by atoms with Gasteiger partial charge in [-0.1, -0.05) is 0 Å². The van der Waals surface area contributed by atoms with E-state index in [9.17, 15) is 9.59 Å². The van der Waals surface area contributed by atoms with Crippen LogP contribution in [0.3, 0.4) is 0 Å². The maximum absolute atomic E-state index is 10.9. The van der Waals surface area contributed by atoms with Crippen LogP contribution in [0.4, 0.5) is 0 Å². The van der Waals surface area contributed by atoms with E-state index in [1.54, 1.807) is 13.8 Å². The summed E-state index contributed by atoms with van der Waals surface area (Å²) in [5.74, 6) is 3.69. The molecule has 0 aliphatic heterocycles. The van der Waals surface area contributed by atoms with E-state index in [1.807, 2.05) is 0 Å². The molecule has 0 spiro atoms. The minimum Gasteiger partial charge on any atom is -0.315 e. The summed E-state index contributed by atoms with van der Waals surface area (Å²) in [6.45, 7) is 11.5. The van der Waals surface area contributed by atoms with Crippen molar-refractivity contribution in [2.24, 2.45) is 0 Å². The van der Waals surface area contributed by atoms with Gasteiger partial charge in [0.15, 0.2) is 0 Å². The molecule has 168 valence electrons. The molecular formula is C18H40N4O2S4. The van der Waals surface area contributed by atoms with Crippen LogP contribution < -0.4 is 10.6 Å². The molecule has 0 saturated carbocycles. The van der Waals surface area contributed by atoms with Gasteiger partial charge in [-0.15, -0.1) is 0 Å². The first kappa shape index (κ1) is 30.8. The summed E-state index contributed by atoms with van der Waals surface area (Å²) in [6, 6.07) is 0. The fourth-order valence-electron chi connectivity index (χ4n) is 2.33. The number of Topliss-reactive ketones (excluding diaryl/α,β-unsaturated/α-hetero) is 2. The Morgan fingerprint density at radius 2 is 0.964 bits per heavy atom. The van der Waals surface area contributed by atoms with E-state index in [0.29, 0.717) is 13.1 Å². The molecule has 2 N–H and O–H groups in total. The lowest BCUT2D eigenvalue weighted by molar-refractivity contribution is -0.118. The number of carbonyl (C=O) groups excluding carboxylic acids is 2. The fraction of sp³-hybridized carbons (Fsp3) is 0.889. The average molecular weight is 473 g/mol. The molecule has 10 heteroatoms. The van der Waals surface area contributed by atoms with Crippen molar-refractivity contribution in [1.29, 1.82) is 0 Å². The number of ketones is 2. The van der Waals surface area contributed by atoms with Crippen LogP contribution in [0.2, 0.25) is 0 Å². The number of rotatable bonds is 18. The van der Waals surface area contributed by atoms with Gasteiger partial charge in [-0.05, 0) is 13.8 Å². The highest BCUT2D eigenvalue weighted by molar-refractivity contribution is 7.80. The number of hydrogen-bond donors (Lipinski definition) is 6. The van der Waals surface area contributed by atoms with Crippen LogP contribution in [0.1, 0.15) is 13.8 Å². The molecule has 0 atom stereocenters. The van der Waals surface area contributed by atoms with Crippen molar-refractivity contribution in [2.45, 2.75) is 13.8 Å². The normalized spacial score (nSPS) is 10.9. The maximum atomic E-state index is 10.9. The number of carbonyl (C=O) groups is 2. The molecular weight excluding hydrogens is 432 g/mol. The molecule has 0 saturated heterocycles. The second-order valence-electron chi connectivity index (χ2n) is 6.35. The van der Waals surface area contributed by atoms with Gasteiger partial charge in [0.25, 0.3) is 0 Å². The van der Waals surface area contributed by atoms with E-state index in [-0.39, 0.29) is 11.6 Å². The predicted molar refractivity (Wildman–Crippen MR) is 135 cm³/mol. The van der Waals surface area contributed by atoms with Crippen LogP contribution in [0.25, 0.3) is 0 Å². The van der Waals surface area contributed by atoms with Crippen LogP contribution in [0.15, 0.2) is 0 Å². The van der Waals surface area contributed by atoms with Crippen molar-refractivity contribution >= 4 is 62.1 Å². The Labute approximate surface area is 194 Å². The van der Waals surface area contributed by atoms with Crippen molar-refractivity contribution < 1.29 is 9.59 Å². The highest BCUT2D eigenvalue weighted by Crippen LogP contribution is 1.90. The smallest absolute Gasteiger partial charge is 0.143 e. The molecule has 0 aliphatic rings. The Balaban J connectivity index is 0. The summed E-state index contributed by atoms with van der Waals surface area (Å²) in [6.07, 6.45) is 0. The monoisotopic (exact) mass is 472 g/mol. The van der Waals surface area contributed by atoms with Gasteiger partial charge in [-0.2, -0.15) is 50.5 Å². The summed E-state index contributed by atoms with van der Waals surface area (Å²) in [7, 11) is 0. The van der Waals surface area contributed by atoms with Gasteiger partial charge in [0, 0.05) is 75.4 Å².